The van der Waals surface area contributed by atoms with Crippen molar-refractivity contribution in [1.29, 1.82) is 0 Å². The first-order valence-corrected chi connectivity index (χ1v) is 11.6. The zero-order valence-corrected chi connectivity index (χ0v) is 22.5. The highest BCUT2D eigenvalue weighted by Crippen LogP contribution is 2.26. The number of nitrogens with one attached hydrogen (secondary N) is 1. The Kier molecular flexibility index (Phi) is 11.7. The van der Waals surface area contributed by atoms with Crippen LogP contribution in [0.15, 0.2) is 94.3 Å². The predicted molar refractivity (Wildman–Crippen MR) is 158 cm³/mol. The van der Waals surface area contributed by atoms with Gasteiger partial charge in [-0.1, -0.05) is 23.2 Å². The minimum absolute atomic E-state index is 0. The van der Waals surface area contributed by atoms with E-state index in [1.807, 2.05) is 12.1 Å². The van der Waals surface area contributed by atoms with Crippen molar-refractivity contribution in [3.05, 3.63) is 95.0 Å². The Balaban J connectivity index is 0.000000217. The number of halogens is 3. The summed E-state index contributed by atoms with van der Waals surface area (Å²) >= 11 is 15.8. The average molecular weight is 592 g/mol. The molecule has 0 spiro atoms. The Labute approximate surface area is 239 Å². The highest BCUT2D eigenvalue weighted by Gasteiger charge is 2.06. The Morgan fingerprint density at radius 2 is 1.42 bits per heavy atom. The van der Waals surface area contributed by atoms with Crippen molar-refractivity contribution in [1.82, 2.24) is 4.98 Å². The molecule has 8 nitrogen and oxygen atoms in total. The summed E-state index contributed by atoms with van der Waals surface area (Å²) in [5, 5.41) is 33.5. The number of nitrogens with zero attached hydrogens (tertiary/aromatic N) is 2. The Hall–Kier alpha value is -3.98. The molecule has 0 atom stereocenters. The van der Waals surface area contributed by atoms with E-state index in [2.05, 4.69) is 32.7 Å². The van der Waals surface area contributed by atoms with Gasteiger partial charge >= 0.3 is 0 Å². The van der Waals surface area contributed by atoms with Crippen LogP contribution in [-0.2, 0) is 0 Å². The molecule has 4 aromatic carbocycles. The standard InChI is InChI=1S/C13H9ClN2O2.C7H4ClNS.C6H7NO2.ClH/c14-8-1-3-9(4-2-8)15-13-16-11-6-5-10(17)7-12(11)18-13;8-6-1-3-7(4-2-6)9-5-10;7-5-2-1-4(8)3-6(5)9;/h1-7,17H,(H,15,16);1-4H;1-3,8-9H,7H2;1H. The molecule has 0 saturated heterocycles. The third kappa shape index (κ3) is 9.48. The predicted octanol–water partition coefficient (Wildman–Crippen LogP) is 8.11. The van der Waals surface area contributed by atoms with Gasteiger partial charge in [0.05, 0.1) is 16.5 Å². The monoisotopic (exact) mass is 590 g/mol. The van der Waals surface area contributed by atoms with Gasteiger partial charge in [0.2, 0.25) is 0 Å². The van der Waals surface area contributed by atoms with Crippen LogP contribution in [0.25, 0.3) is 11.1 Å². The van der Waals surface area contributed by atoms with Crippen molar-refractivity contribution in [2.24, 2.45) is 4.99 Å². The van der Waals surface area contributed by atoms with Crippen LogP contribution in [0, 0.1) is 0 Å². The van der Waals surface area contributed by atoms with Crippen LogP contribution in [0.3, 0.4) is 0 Å². The minimum Gasteiger partial charge on any atom is -0.508 e. The van der Waals surface area contributed by atoms with Gasteiger partial charge in [-0.2, -0.15) is 9.98 Å². The number of rotatable bonds is 3. The summed E-state index contributed by atoms with van der Waals surface area (Å²) in [7, 11) is 0. The van der Waals surface area contributed by atoms with E-state index in [9.17, 15) is 5.11 Å². The van der Waals surface area contributed by atoms with E-state index in [0.717, 1.165) is 11.4 Å². The summed E-state index contributed by atoms with van der Waals surface area (Å²) in [5.41, 5.74) is 8.32. The summed E-state index contributed by atoms with van der Waals surface area (Å²) in [6.07, 6.45) is 0. The maximum absolute atomic E-state index is 9.34. The fourth-order valence-electron chi connectivity index (χ4n) is 2.72. The molecule has 5 aromatic rings. The number of thiocarbonyl (C=S) groups is 1. The van der Waals surface area contributed by atoms with Crippen molar-refractivity contribution >= 4 is 87.2 Å². The minimum atomic E-state index is -0.0880. The van der Waals surface area contributed by atoms with Crippen molar-refractivity contribution in [2.45, 2.75) is 0 Å². The molecule has 38 heavy (non-hydrogen) atoms. The average Bonchev–Trinajstić information content (AvgIpc) is 3.27. The molecule has 0 aliphatic rings. The number of aliphatic imine (C=N–C) groups is 1. The number of hydrogen-bond acceptors (Lipinski definition) is 9. The number of aromatic hydroxyl groups is 3. The molecule has 0 saturated carbocycles. The molecule has 196 valence electrons. The SMILES string of the molecule is Cl.Nc1ccc(O)cc1O.Oc1ccc2nc(Nc3ccc(Cl)cc3)oc2c1.S=C=Nc1ccc(Cl)cc1. The Morgan fingerprint density at radius 3 is 2.00 bits per heavy atom. The smallest absolute Gasteiger partial charge is 0.300 e. The van der Waals surface area contributed by atoms with Crippen molar-refractivity contribution < 1.29 is 19.7 Å². The van der Waals surface area contributed by atoms with Crippen LogP contribution in [-0.4, -0.2) is 25.5 Å². The van der Waals surface area contributed by atoms with Crippen LogP contribution in [0.1, 0.15) is 0 Å². The number of oxazole rings is 1. The van der Waals surface area contributed by atoms with Crippen LogP contribution in [0.5, 0.6) is 17.2 Å². The number of benzene rings is 4. The van der Waals surface area contributed by atoms with Gasteiger partial charge in [-0.3, -0.25) is 0 Å². The Morgan fingerprint density at radius 1 is 0.842 bits per heavy atom. The first-order chi connectivity index (χ1) is 17.7. The van der Waals surface area contributed by atoms with Gasteiger partial charge in [-0.25, -0.2) is 0 Å². The highest BCUT2D eigenvalue weighted by atomic mass is 35.5. The number of aromatic nitrogens is 1. The molecule has 0 amide bonds. The van der Waals surface area contributed by atoms with Crippen LogP contribution < -0.4 is 11.1 Å². The molecule has 5 rings (SSSR count). The fourth-order valence-corrected chi connectivity index (χ4v) is 3.08. The molecule has 0 fully saturated rings. The number of nitrogens with two attached hydrogens (primary N) is 1. The van der Waals surface area contributed by atoms with E-state index < -0.39 is 0 Å². The van der Waals surface area contributed by atoms with Crippen LogP contribution in [0.4, 0.5) is 23.1 Å². The van der Waals surface area contributed by atoms with E-state index >= 15 is 0 Å². The molecule has 12 heteroatoms. The zero-order chi connectivity index (χ0) is 26.8. The van der Waals surface area contributed by atoms with Gasteiger partial charge in [-0.15, -0.1) is 12.4 Å². The molecule has 0 aliphatic carbocycles. The number of isothiocyanates is 1. The fraction of sp³-hybridized carbons (Fsp3) is 0. The van der Waals surface area contributed by atoms with E-state index in [1.165, 1.54) is 24.3 Å². The summed E-state index contributed by atoms with van der Waals surface area (Å²) in [6, 6.07) is 23.5. The summed E-state index contributed by atoms with van der Waals surface area (Å²) < 4.78 is 5.47. The van der Waals surface area contributed by atoms with Crippen LogP contribution in [0.2, 0.25) is 10.0 Å². The number of phenolic OH excluding ortho intramolecular Hbond substituents is 3. The first-order valence-electron chi connectivity index (χ1n) is 10.5. The normalized spacial score (nSPS) is 9.53. The zero-order valence-electron chi connectivity index (χ0n) is 19.4. The lowest BCUT2D eigenvalue weighted by Gasteiger charge is -2.00. The van der Waals surface area contributed by atoms with Crippen molar-refractivity contribution in [3.8, 4) is 17.2 Å². The first kappa shape index (κ1) is 30.2. The molecular weight excluding hydrogens is 571 g/mol. The largest absolute Gasteiger partial charge is 0.508 e. The second kappa shape index (κ2) is 14.7. The Bertz CT molecular complexity index is 1520. The number of anilines is 3. The van der Waals surface area contributed by atoms with Gasteiger partial charge in [0.15, 0.2) is 5.58 Å². The van der Waals surface area contributed by atoms with Crippen molar-refractivity contribution in [2.75, 3.05) is 11.1 Å². The number of nitrogen functional groups attached to an aromatic ring is 1. The quantitative estimate of drug-likeness (QED) is 0.0466. The van der Waals surface area contributed by atoms with E-state index in [4.69, 9.17) is 43.6 Å². The lowest BCUT2D eigenvalue weighted by Crippen LogP contribution is -1.88. The lowest BCUT2D eigenvalue weighted by atomic mass is 10.3. The third-order valence-corrected chi connectivity index (χ3v) is 5.08. The van der Waals surface area contributed by atoms with Crippen molar-refractivity contribution in [3.63, 3.8) is 0 Å². The van der Waals surface area contributed by atoms with E-state index in [0.29, 0.717) is 27.2 Å². The highest BCUT2D eigenvalue weighted by molar-refractivity contribution is 7.78. The molecule has 6 N–H and O–H groups in total. The summed E-state index contributed by atoms with van der Waals surface area (Å²) in [4.78, 5) is 8.00. The van der Waals surface area contributed by atoms with E-state index in [-0.39, 0.29) is 35.3 Å². The van der Waals surface area contributed by atoms with Gasteiger partial charge in [0.1, 0.15) is 22.8 Å². The lowest BCUT2D eigenvalue weighted by molar-refractivity contribution is 0.452. The second-order valence-electron chi connectivity index (χ2n) is 7.23. The topological polar surface area (TPSA) is 137 Å². The number of phenols is 3. The van der Waals surface area contributed by atoms with Gasteiger partial charge in [0, 0.05) is 27.9 Å². The second-order valence-corrected chi connectivity index (χ2v) is 8.28. The summed E-state index contributed by atoms with van der Waals surface area (Å²) in [5.74, 6) is 0.0772. The van der Waals surface area contributed by atoms with Gasteiger partial charge < -0.3 is 30.8 Å². The maximum Gasteiger partial charge on any atom is 0.300 e. The molecule has 0 radical (unpaired) electrons. The summed E-state index contributed by atoms with van der Waals surface area (Å²) in [6.45, 7) is 0. The molecule has 0 unspecified atom stereocenters. The molecule has 1 aromatic heterocycles. The third-order valence-electron chi connectivity index (χ3n) is 4.48. The number of fused-ring (bicyclic) bond motifs is 1. The van der Waals surface area contributed by atoms with Gasteiger partial charge in [0.25, 0.3) is 6.01 Å². The molecule has 1 heterocycles. The molecular formula is C26H21Cl3N4O4S. The van der Waals surface area contributed by atoms with Gasteiger partial charge in [-0.05, 0) is 85.0 Å². The van der Waals surface area contributed by atoms with Crippen LogP contribution >= 0.6 is 47.8 Å². The molecule has 0 bridgehead atoms. The number of hydrogen-bond donors (Lipinski definition) is 5. The molecule has 0 aliphatic heterocycles. The maximum atomic E-state index is 9.34. The van der Waals surface area contributed by atoms with E-state index in [1.54, 1.807) is 48.5 Å².